The van der Waals surface area contributed by atoms with E-state index in [-0.39, 0.29) is 0 Å². The molecule has 0 fully saturated rings. The highest BCUT2D eigenvalue weighted by Crippen LogP contribution is 2.13. The van der Waals surface area contributed by atoms with Gasteiger partial charge in [-0.25, -0.2) is 9.67 Å². The Labute approximate surface area is 81.8 Å². The number of hydrogen-bond donors (Lipinski definition) is 1. The van der Waals surface area contributed by atoms with Crippen LogP contribution >= 0.6 is 0 Å². The number of pyridine rings is 1. The lowest BCUT2D eigenvalue weighted by Gasteiger charge is -2.06. The fraction of sp³-hybridized carbons (Fsp3) is 0.200. The average molecular weight is 189 g/mol. The van der Waals surface area contributed by atoms with Crippen LogP contribution < -0.4 is 0 Å². The zero-order chi connectivity index (χ0) is 9.97. The molecule has 0 saturated heterocycles. The molecule has 4 heteroatoms. The van der Waals surface area contributed by atoms with Crippen LogP contribution in [0.4, 0.5) is 0 Å². The molecule has 4 nitrogen and oxygen atoms in total. The van der Waals surface area contributed by atoms with Gasteiger partial charge in [0.05, 0.1) is 6.10 Å². The van der Waals surface area contributed by atoms with E-state index in [0.717, 1.165) is 5.56 Å². The molecule has 0 unspecified atom stereocenters. The Hall–Kier alpha value is -1.68. The maximum Gasteiger partial charge on any atom is 0.153 e. The maximum absolute atomic E-state index is 9.39. The number of nitrogens with zero attached hydrogens (tertiary/aromatic N) is 3. The zero-order valence-electron chi connectivity index (χ0n) is 7.83. The Balaban J connectivity index is 2.41. The number of hydrogen-bond acceptors (Lipinski definition) is 3. The lowest BCUT2D eigenvalue weighted by Crippen LogP contribution is -2.00. The molecule has 2 aromatic rings. The molecule has 0 amide bonds. The minimum absolute atomic E-state index is 0.479. The van der Waals surface area contributed by atoms with Gasteiger partial charge in [0, 0.05) is 18.6 Å². The van der Waals surface area contributed by atoms with Crippen molar-refractivity contribution in [1.29, 1.82) is 0 Å². The summed E-state index contributed by atoms with van der Waals surface area (Å²) in [5.41, 5.74) is 0.838. The van der Waals surface area contributed by atoms with Gasteiger partial charge >= 0.3 is 0 Å². The first-order valence-electron chi connectivity index (χ1n) is 4.41. The zero-order valence-corrected chi connectivity index (χ0v) is 7.83. The molecule has 0 spiro atoms. The predicted octanol–water partition coefficient (Wildman–Crippen LogP) is 1.32. The predicted molar refractivity (Wildman–Crippen MR) is 52.0 cm³/mol. The van der Waals surface area contributed by atoms with Crippen molar-refractivity contribution < 1.29 is 5.11 Å². The van der Waals surface area contributed by atoms with E-state index in [1.807, 2.05) is 18.3 Å². The first-order chi connectivity index (χ1) is 6.77. The highest BCUT2D eigenvalue weighted by molar-refractivity contribution is 5.27. The lowest BCUT2D eigenvalue weighted by molar-refractivity contribution is 0.199. The summed E-state index contributed by atoms with van der Waals surface area (Å²) in [5.74, 6) is 0.716. The summed E-state index contributed by atoms with van der Waals surface area (Å²) >= 11 is 0. The molecule has 0 aliphatic rings. The molecule has 72 valence electrons. The Morgan fingerprint density at radius 2 is 2.29 bits per heavy atom. The minimum Gasteiger partial charge on any atom is -0.389 e. The molecular weight excluding hydrogens is 178 g/mol. The summed E-state index contributed by atoms with van der Waals surface area (Å²) in [7, 11) is 0. The van der Waals surface area contributed by atoms with Gasteiger partial charge in [0.1, 0.15) is 0 Å². The third-order valence-electron chi connectivity index (χ3n) is 1.99. The normalized spacial score (nSPS) is 12.7. The van der Waals surface area contributed by atoms with E-state index in [1.54, 1.807) is 30.1 Å². The molecule has 0 aliphatic carbocycles. The van der Waals surface area contributed by atoms with E-state index < -0.39 is 6.10 Å². The summed E-state index contributed by atoms with van der Waals surface area (Å²) in [6.45, 7) is 1.72. The van der Waals surface area contributed by atoms with Gasteiger partial charge in [0.2, 0.25) is 0 Å². The first-order valence-corrected chi connectivity index (χ1v) is 4.41. The minimum atomic E-state index is -0.479. The van der Waals surface area contributed by atoms with Crippen molar-refractivity contribution in [3.63, 3.8) is 0 Å². The van der Waals surface area contributed by atoms with Crippen molar-refractivity contribution in [2.45, 2.75) is 13.0 Å². The molecule has 2 heterocycles. The van der Waals surface area contributed by atoms with Gasteiger partial charge in [-0.3, -0.25) is 0 Å². The molecule has 0 bridgehead atoms. The van der Waals surface area contributed by atoms with Crippen molar-refractivity contribution >= 4 is 0 Å². The van der Waals surface area contributed by atoms with Crippen molar-refractivity contribution in [2.75, 3.05) is 0 Å². The van der Waals surface area contributed by atoms with Gasteiger partial charge < -0.3 is 5.11 Å². The fourth-order valence-corrected chi connectivity index (χ4v) is 1.22. The molecule has 2 aromatic heterocycles. The van der Waals surface area contributed by atoms with Crippen LogP contribution in [-0.4, -0.2) is 19.9 Å². The second-order valence-corrected chi connectivity index (χ2v) is 3.07. The van der Waals surface area contributed by atoms with E-state index >= 15 is 0 Å². The topological polar surface area (TPSA) is 50.9 Å². The summed E-state index contributed by atoms with van der Waals surface area (Å²) in [4.78, 5) is 4.15. The van der Waals surface area contributed by atoms with Crippen LogP contribution in [0.5, 0.6) is 0 Å². The van der Waals surface area contributed by atoms with Crippen LogP contribution in [0.1, 0.15) is 18.6 Å². The quantitative estimate of drug-likeness (QED) is 0.775. The van der Waals surface area contributed by atoms with Gasteiger partial charge in [0.15, 0.2) is 5.82 Å². The van der Waals surface area contributed by atoms with Gasteiger partial charge in [-0.2, -0.15) is 5.10 Å². The third-order valence-corrected chi connectivity index (χ3v) is 1.99. The Morgan fingerprint density at radius 3 is 2.93 bits per heavy atom. The van der Waals surface area contributed by atoms with E-state index in [0.29, 0.717) is 5.82 Å². The molecule has 0 radical (unpaired) electrons. The van der Waals surface area contributed by atoms with Crippen LogP contribution in [0.25, 0.3) is 5.82 Å². The second kappa shape index (κ2) is 3.59. The summed E-state index contributed by atoms with van der Waals surface area (Å²) < 4.78 is 1.66. The fourth-order valence-electron chi connectivity index (χ4n) is 1.22. The monoisotopic (exact) mass is 189 g/mol. The Kier molecular flexibility index (Phi) is 2.28. The molecule has 2 rings (SSSR count). The number of aliphatic hydroxyl groups is 1. The van der Waals surface area contributed by atoms with Gasteiger partial charge in [-0.15, -0.1) is 0 Å². The SMILES string of the molecule is C[C@H](O)c1ccnc(-n2cccn2)c1. The van der Waals surface area contributed by atoms with Crippen LogP contribution in [0.3, 0.4) is 0 Å². The van der Waals surface area contributed by atoms with E-state index in [2.05, 4.69) is 10.1 Å². The Morgan fingerprint density at radius 1 is 1.43 bits per heavy atom. The summed E-state index contributed by atoms with van der Waals surface area (Å²) in [6.07, 6.45) is 4.69. The van der Waals surface area contributed by atoms with Crippen molar-refractivity contribution in [2.24, 2.45) is 0 Å². The maximum atomic E-state index is 9.39. The van der Waals surface area contributed by atoms with Crippen molar-refractivity contribution in [1.82, 2.24) is 14.8 Å². The van der Waals surface area contributed by atoms with Crippen LogP contribution in [0, 0.1) is 0 Å². The summed E-state index contributed by atoms with van der Waals surface area (Å²) in [6, 6.07) is 5.44. The van der Waals surface area contributed by atoms with Crippen LogP contribution in [0.2, 0.25) is 0 Å². The van der Waals surface area contributed by atoms with E-state index in [4.69, 9.17) is 0 Å². The van der Waals surface area contributed by atoms with Crippen LogP contribution in [0.15, 0.2) is 36.8 Å². The third kappa shape index (κ3) is 1.65. The molecule has 1 N–H and O–H groups in total. The van der Waals surface area contributed by atoms with Gasteiger partial charge in [-0.05, 0) is 30.7 Å². The number of rotatable bonds is 2. The second-order valence-electron chi connectivity index (χ2n) is 3.07. The number of aliphatic hydroxyl groups excluding tert-OH is 1. The molecular formula is C10H11N3O. The molecule has 1 atom stereocenters. The van der Waals surface area contributed by atoms with Crippen LogP contribution in [-0.2, 0) is 0 Å². The lowest BCUT2D eigenvalue weighted by atomic mass is 10.2. The molecule has 0 aliphatic heterocycles. The van der Waals surface area contributed by atoms with Gasteiger partial charge in [0.25, 0.3) is 0 Å². The molecule has 14 heavy (non-hydrogen) atoms. The van der Waals surface area contributed by atoms with Crippen molar-refractivity contribution in [3.8, 4) is 5.82 Å². The van der Waals surface area contributed by atoms with E-state index in [9.17, 15) is 5.11 Å². The smallest absolute Gasteiger partial charge is 0.153 e. The van der Waals surface area contributed by atoms with Gasteiger partial charge in [-0.1, -0.05) is 0 Å². The molecule has 0 aromatic carbocycles. The standard InChI is InChI=1S/C10H11N3O/c1-8(14)9-3-5-11-10(7-9)13-6-2-4-12-13/h2-8,14H,1H3/t8-/m0/s1. The van der Waals surface area contributed by atoms with Crippen molar-refractivity contribution in [3.05, 3.63) is 42.4 Å². The highest BCUT2D eigenvalue weighted by Gasteiger charge is 2.03. The summed E-state index contributed by atoms with van der Waals surface area (Å²) in [5, 5.41) is 13.4. The first kappa shape index (κ1) is 8.90. The Bertz CT molecular complexity index is 409. The molecule has 0 saturated carbocycles. The largest absolute Gasteiger partial charge is 0.389 e. The number of aromatic nitrogens is 3. The highest BCUT2D eigenvalue weighted by atomic mass is 16.3. The van der Waals surface area contributed by atoms with E-state index in [1.165, 1.54) is 0 Å². The average Bonchev–Trinajstić information content (AvgIpc) is 2.71.